The van der Waals surface area contributed by atoms with E-state index >= 15 is 0 Å². The van der Waals surface area contributed by atoms with Crippen LogP contribution in [-0.2, 0) is 0 Å². The Bertz CT molecular complexity index is 1070. The number of nitrogens with two attached hydrogens (primary N) is 6. The van der Waals surface area contributed by atoms with E-state index in [1.165, 1.54) is 18.2 Å². The Kier molecular flexibility index (Phi) is 10.9. The van der Waals surface area contributed by atoms with Crippen LogP contribution < -0.4 is 39.3 Å². The van der Waals surface area contributed by atoms with Crippen molar-refractivity contribution < 1.29 is 9.90 Å². The van der Waals surface area contributed by atoms with Gasteiger partial charge in [-0.25, -0.2) is 4.79 Å². The van der Waals surface area contributed by atoms with Crippen molar-refractivity contribution in [3.8, 4) is 0 Å². The zero-order chi connectivity index (χ0) is 25.7. The lowest BCUT2D eigenvalue weighted by Gasteiger charge is -2.23. The number of carbonyl (C=O) groups is 1. The third-order valence-electron chi connectivity index (χ3n) is 4.23. The molecule has 0 atom stereocenters. The third-order valence-corrected chi connectivity index (χ3v) is 4.23. The van der Waals surface area contributed by atoms with Crippen LogP contribution >= 0.6 is 0 Å². The van der Waals surface area contributed by atoms with Crippen LogP contribution in [0, 0.1) is 0 Å². The molecule has 9 nitrogen and oxygen atoms in total. The highest BCUT2D eigenvalue weighted by Gasteiger charge is 2.06. The highest BCUT2D eigenvalue weighted by atomic mass is 16.4. The Morgan fingerprint density at radius 2 is 1.21 bits per heavy atom. The Morgan fingerprint density at radius 1 is 0.735 bits per heavy atom. The fraction of sp³-hybridized carbons (Fsp3) is 0.0800. The summed E-state index contributed by atoms with van der Waals surface area (Å²) in [6.45, 7) is 8.90. The van der Waals surface area contributed by atoms with Crippen molar-refractivity contribution in [3.63, 3.8) is 0 Å². The molecule has 0 aliphatic rings. The second-order valence-electron chi connectivity index (χ2n) is 7.16. The van der Waals surface area contributed by atoms with Gasteiger partial charge in [0.1, 0.15) is 0 Å². The van der Waals surface area contributed by atoms with Crippen LogP contribution in [-0.4, -0.2) is 24.2 Å². The second-order valence-corrected chi connectivity index (χ2v) is 7.16. The van der Waals surface area contributed by atoms with Crippen LogP contribution in [0.15, 0.2) is 86.0 Å². The van der Waals surface area contributed by atoms with Crippen molar-refractivity contribution in [1.29, 1.82) is 0 Å². The largest absolute Gasteiger partial charge is 0.478 e. The Morgan fingerprint density at radius 3 is 1.59 bits per heavy atom. The number of benzene rings is 3. The molecule has 3 rings (SSSR count). The van der Waals surface area contributed by atoms with Gasteiger partial charge in [-0.1, -0.05) is 18.2 Å². The quantitative estimate of drug-likeness (QED) is 0.211. The van der Waals surface area contributed by atoms with Gasteiger partial charge in [-0.3, -0.25) is 0 Å². The molecule has 0 spiro atoms. The van der Waals surface area contributed by atoms with Crippen molar-refractivity contribution in [2.75, 3.05) is 52.4 Å². The first-order valence-electron chi connectivity index (χ1n) is 10.2. The molecule has 0 aliphatic carbocycles. The summed E-state index contributed by atoms with van der Waals surface area (Å²) in [7, 11) is 0. The lowest BCUT2D eigenvalue weighted by atomic mass is 10.2. The van der Waals surface area contributed by atoms with E-state index in [1.807, 2.05) is 30.4 Å². The molecule has 0 aliphatic heterocycles. The predicted molar refractivity (Wildman–Crippen MR) is 145 cm³/mol. The maximum atomic E-state index is 10.4. The summed E-state index contributed by atoms with van der Waals surface area (Å²) in [6.07, 6.45) is 3.67. The van der Waals surface area contributed by atoms with E-state index in [0.717, 1.165) is 18.8 Å². The molecule has 0 amide bonds. The van der Waals surface area contributed by atoms with Crippen molar-refractivity contribution in [2.45, 2.75) is 0 Å². The molecular formula is C25H33N7O2. The minimum atomic E-state index is -1.02. The molecule has 34 heavy (non-hydrogen) atoms. The number of nitrogen functional groups attached to an aromatic ring is 6. The van der Waals surface area contributed by atoms with E-state index in [0.29, 0.717) is 34.1 Å². The van der Waals surface area contributed by atoms with E-state index in [2.05, 4.69) is 18.1 Å². The van der Waals surface area contributed by atoms with Gasteiger partial charge < -0.3 is 44.4 Å². The van der Waals surface area contributed by atoms with E-state index in [4.69, 9.17) is 39.5 Å². The summed E-state index contributed by atoms with van der Waals surface area (Å²) in [4.78, 5) is 12.5. The van der Waals surface area contributed by atoms with Crippen molar-refractivity contribution in [2.24, 2.45) is 0 Å². The molecule has 0 radical (unpaired) electrons. The average molecular weight is 464 g/mol. The van der Waals surface area contributed by atoms with Gasteiger partial charge in [0.15, 0.2) is 0 Å². The van der Waals surface area contributed by atoms with Crippen LogP contribution in [0.3, 0.4) is 0 Å². The molecule has 9 heteroatoms. The van der Waals surface area contributed by atoms with Gasteiger partial charge in [-0.15, -0.1) is 13.2 Å². The number of anilines is 7. The second kappa shape index (κ2) is 13.6. The molecule has 0 heterocycles. The zero-order valence-corrected chi connectivity index (χ0v) is 19.0. The number of carboxylic acid groups (broad SMARTS) is 1. The first-order valence-corrected chi connectivity index (χ1v) is 10.2. The molecule has 0 aromatic heterocycles. The van der Waals surface area contributed by atoms with Crippen molar-refractivity contribution in [3.05, 3.63) is 91.5 Å². The van der Waals surface area contributed by atoms with Gasteiger partial charge in [0.25, 0.3) is 0 Å². The minimum absolute atomic E-state index is 0.113. The standard InChI is InChI=1S/C12H17N3.C7H8N2O2.C6H8N2/c1-3-7-15(8-4-2)12-6-5-10(13)9-11(12)14;8-5-1-4(7(10)11)2-6(9)3-5;7-5-2-1-3-6(8)4-5/h3-6,9H,1-2,7-8,13-14H2;1-3H,8-9H2,(H,10,11);1-4H,7-8H2. The van der Waals surface area contributed by atoms with Gasteiger partial charge in [0.05, 0.1) is 16.9 Å². The van der Waals surface area contributed by atoms with Crippen LogP contribution in [0.5, 0.6) is 0 Å². The van der Waals surface area contributed by atoms with Gasteiger partial charge in [0, 0.05) is 41.5 Å². The van der Waals surface area contributed by atoms with E-state index in [1.54, 1.807) is 24.3 Å². The predicted octanol–water partition coefficient (Wildman–Crippen LogP) is 3.43. The lowest BCUT2D eigenvalue weighted by molar-refractivity contribution is 0.0697. The summed E-state index contributed by atoms with van der Waals surface area (Å²) in [5.74, 6) is -1.02. The molecule has 0 saturated heterocycles. The lowest BCUT2D eigenvalue weighted by Crippen LogP contribution is -2.24. The molecule has 3 aromatic rings. The number of carboxylic acids is 1. The number of rotatable bonds is 6. The number of aromatic carboxylic acids is 1. The number of hydrogen-bond acceptors (Lipinski definition) is 8. The normalized spacial score (nSPS) is 9.41. The molecular weight excluding hydrogens is 430 g/mol. The third kappa shape index (κ3) is 9.56. The van der Waals surface area contributed by atoms with E-state index in [9.17, 15) is 4.79 Å². The first kappa shape index (κ1) is 27.2. The Hall–Kier alpha value is -4.79. The van der Waals surface area contributed by atoms with Gasteiger partial charge >= 0.3 is 5.97 Å². The van der Waals surface area contributed by atoms with E-state index < -0.39 is 5.97 Å². The van der Waals surface area contributed by atoms with Crippen LogP contribution in [0.25, 0.3) is 0 Å². The summed E-state index contributed by atoms with van der Waals surface area (Å²) >= 11 is 0. The van der Waals surface area contributed by atoms with Crippen LogP contribution in [0.4, 0.5) is 39.8 Å². The molecule has 0 fully saturated rings. The van der Waals surface area contributed by atoms with Crippen LogP contribution in [0.1, 0.15) is 10.4 Å². The smallest absolute Gasteiger partial charge is 0.335 e. The highest BCUT2D eigenvalue weighted by molar-refractivity contribution is 5.90. The van der Waals surface area contributed by atoms with Gasteiger partial charge in [-0.2, -0.15) is 0 Å². The first-order chi connectivity index (χ1) is 16.1. The molecule has 13 N–H and O–H groups in total. The summed E-state index contributed by atoms with van der Waals surface area (Å²) in [5.41, 5.74) is 37.6. The molecule has 180 valence electrons. The average Bonchev–Trinajstić information content (AvgIpc) is 2.74. The number of hydrogen-bond donors (Lipinski definition) is 7. The highest BCUT2D eigenvalue weighted by Crippen LogP contribution is 2.25. The maximum Gasteiger partial charge on any atom is 0.335 e. The van der Waals surface area contributed by atoms with Gasteiger partial charge in [0.2, 0.25) is 0 Å². The van der Waals surface area contributed by atoms with E-state index in [-0.39, 0.29) is 5.56 Å². The molecule has 0 saturated carbocycles. The molecule has 0 unspecified atom stereocenters. The molecule has 3 aromatic carbocycles. The van der Waals surface area contributed by atoms with Crippen molar-refractivity contribution >= 4 is 45.8 Å². The van der Waals surface area contributed by atoms with Gasteiger partial charge in [-0.05, 0) is 54.6 Å². The minimum Gasteiger partial charge on any atom is -0.478 e. The topological polar surface area (TPSA) is 197 Å². The van der Waals surface area contributed by atoms with Crippen molar-refractivity contribution in [1.82, 2.24) is 0 Å². The fourth-order valence-corrected chi connectivity index (χ4v) is 2.80. The Balaban J connectivity index is 0.000000268. The number of nitrogens with zero attached hydrogens (tertiary/aromatic N) is 1. The summed E-state index contributed by atoms with van der Waals surface area (Å²) in [5, 5.41) is 8.52. The molecule has 0 bridgehead atoms. The fourth-order valence-electron chi connectivity index (χ4n) is 2.80. The monoisotopic (exact) mass is 463 g/mol. The maximum absolute atomic E-state index is 10.4. The SMILES string of the molecule is C=CCN(CC=C)c1ccc(N)cc1N.Nc1cc(N)cc(C(=O)O)c1.Nc1cccc(N)c1. The summed E-state index contributed by atoms with van der Waals surface area (Å²) < 4.78 is 0. The van der Waals surface area contributed by atoms with Crippen LogP contribution in [0.2, 0.25) is 0 Å². The Labute approximate surface area is 199 Å². The zero-order valence-electron chi connectivity index (χ0n) is 19.0. The summed E-state index contributed by atoms with van der Waals surface area (Å²) in [6, 6.07) is 16.9.